The normalized spacial score (nSPS) is 10.5. The van der Waals surface area contributed by atoms with E-state index >= 15 is 0 Å². The first-order chi connectivity index (χ1) is 14.4. The number of aryl methyl sites for hydroxylation is 3. The topological polar surface area (TPSA) is 58.2 Å². The number of hydrogen-bond donors (Lipinski definition) is 2. The van der Waals surface area contributed by atoms with Gasteiger partial charge >= 0.3 is 0 Å². The minimum Gasteiger partial charge on any atom is -0.325 e. The van der Waals surface area contributed by atoms with E-state index in [4.69, 9.17) is 11.6 Å². The van der Waals surface area contributed by atoms with Crippen LogP contribution in [-0.2, 0) is 11.2 Å². The SMILES string of the molecule is Cc1cc(C)cc(NC(=O)c2ccc(Cl)c(NC(=O)CCCc3ccccc3)c2)c1. The van der Waals surface area contributed by atoms with Gasteiger partial charge in [-0.05, 0) is 73.7 Å². The Labute approximate surface area is 182 Å². The number of amides is 2. The van der Waals surface area contributed by atoms with Crippen molar-refractivity contribution >= 4 is 34.8 Å². The minimum atomic E-state index is -0.253. The van der Waals surface area contributed by atoms with Crippen molar-refractivity contribution in [1.82, 2.24) is 0 Å². The van der Waals surface area contributed by atoms with Crippen molar-refractivity contribution in [3.8, 4) is 0 Å². The molecule has 2 N–H and O–H groups in total. The molecule has 4 nitrogen and oxygen atoms in total. The van der Waals surface area contributed by atoms with Gasteiger partial charge in [-0.1, -0.05) is 48.0 Å². The molecule has 0 bridgehead atoms. The standard InChI is InChI=1S/C25H25ClN2O2/c1-17-13-18(2)15-21(14-17)27-25(30)20-11-12-22(26)23(16-20)28-24(29)10-6-9-19-7-4-3-5-8-19/h3-5,7-8,11-16H,6,9-10H2,1-2H3,(H,27,30)(H,28,29). The fraction of sp³-hybridized carbons (Fsp3) is 0.200. The van der Waals surface area contributed by atoms with E-state index in [1.807, 2.05) is 62.4 Å². The fourth-order valence-electron chi connectivity index (χ4n) is 3.32. The number of carbonyl (C=O) groups excluding carboxylic acids is 2. The van der Waals surface area contributed by atoms with Gasteiger partial charge in [0.1, 0.15) is 0 Å². The van der Waals surface area contributed by atoms with Gasteiger partial charge in [0.15, 0.2) is 0 Å². The molecule has 0 unspecified atom stereocenters. The Morgan fingerprint density at radius 3 is 2.27 bits per heavy atom. The highest BCUT2D eigenvalue weighted by atomic mass is 35.5. The molecule has 2 amide bonds. The zero-order valence-electron chi connectivity index (χ0n) is 17.2. The number of halogens is 1. The molecule has 154 valence electrons. The molecule has 3 rings (SSSR count). The summed E-state index contributed by atoms with van der Waals surface area (Å²) in [6.45, 7) is 3.97. The summed E-state index contributed by atoms with van der Waals surface area (Å²) in [5.41, 5.74) is 4.95. The summed E-state index contributed by atoms with van der Waals surface area (Å²) < 4.78 is 0. The van der Waals surface area contributed by atoms with Crippen LogP contribution in [0.2, 0.25) is 5.02 Å². The van der Waals surface area contributed by atoms with Crippen LogP contribution < -0.4 is 10.6 Å². The maximum absolute atomic E-state index is 12.6. The molecule has 0 atom stereocenters. The van der Waals surface area contributed by atoms with E-state index in [-0.39, 0.29) is 11.8 Å². The molecule has 3 aromatic rings. The Morgan fingerprint density at radius 2 is 1.57 bits per heavy atom. The Balaban J connectivity index is 1.61. The number of benzene rings is 3. The van der Waals surface area contributed by atoms with Crippen LogP contribution in [0.5, 0.6) is 0 Å². The van der Waals surface area contributed by atoms with Crippen molar-refractivity contribution in [3.05, 3.63) is 94.0 Å². The summed E-state index contributed by atoms with van der Waals surface area (Å²) in [6.07, 6.45) is 1.95. The molecule has 5 heteroatoms. The van der Waals surface area contributed by atoms with Gasteiger partial charge in [-0.3, -0.25) is 9.59 Å². The van der Waals surface area contributed by atoms with E-state index in [1.54, 1.807) is 18.2 Å². The number of carbonyl (C=O) groups is 2. The molecule has 0 aliphatic rings. The Bertz CT molecular complexity index is 1030. The van der Waals surface area contributed by atoms with Gasteiger partial charge in [-0.15, -0.1) is 0 Å². The molecule has 0 fully saturated rings. The first-order valence-corrected chi connectivity index (χ1v) is 10.3. The molecule has 0 aliphatic carbocycles. The molecule has 0 spiro atoms. The summed E-state index contributed by atoms with van der Waals surface area (Å²) in [7, 11) is 0. The quantitative estimate of drug-likeness (QED) is 0.480. The van der Waals surface area contributed by atoms with Crippen molar-refractivity contribution in [2.75, 3.05) is 10.6 Å². The molecule has 0 radical (unpaired) electrons. The van der Waals surface area contributed by atoms with Crippen LogP contribution in [0.1, 0.15) is 39.9 Å². The summed E-state index contributed by atoms with van der Waals surface area (Å²) in [6, 6.07) is 20.8. The van der Waals surface area contributed by atoms with Crippen LogP contribution in [0.15, 0.2) is 66.7 Å². The molecular formula is C25H25ClN2O2. The first-order valence-electron chi connectivity index (χ1n) is 9.94. The average Bonchev–Trinajstić information content (AvgIpc) is 2.69. The van der Waals surface area contributed by atoms with Crippen LogP contribution in [-0.4, -0.2) is 11.8 Å². The molecule has 0 aliphatic heterocycles. The highest BCUT2D eigenvalue weighted by Gasteiger charge is 2.12. The molecule has 0 heterocycles. The maximum atomic E-state index is 12.6. The smallest absolute Gasteiger partial charge is 0.255 e. The zero-order valence-corrected chi connectivity index (χ0v) is 17.9. The summed E-state index contributed by atoms with van der Waals surface area (Å²) in [5.74, 6) is -0.379. The Kier molecular flexibility index (Phi) is 7.26. The highest BCUT2D eigenvalue weighted by Crippen LogP contribution is 2.24. The van der Waals surface area contributed by atoms with Crippen molar-refractivity contribution < 1.29 is 9.59 Å². The summed E-state index contributed by atoms with van der Waals surface area (Å²) in [5, 5.41) is 6.12. The van der Waals surface area contributed by atoms with E-state index in [9.17, 15) is 9.59 Å². The highest BCUT2D eigenvalue weighted by molar-refractivity contribution is 6.34. The van der Waals surface area contributed by atoms with Gasteiger partial charge < -0.3 is 10.6 Å². The Hall–Kier alpha value is -3.11. The third-order valence-corrected chi connectivity index (χ3v) is 5.02. The van der Waals surface area contributed by atoms with Crippen molar-refractivity contribution in [1.29, 1.82) is 0 Å². The number of anilines is 2. The number of rotatable bonds is 7. The largest absolute Gasteiger partial charge is 0.325 e. The molecular weight excluding hydrogens is 396 g/mol. The third-order valence-electron chi connectivity index (χ3n) is 4.69. The number of nitrogens with one attached hydrogen (secondary N) is 2. The van der Waals surface area contributed by atoms with Crippen LogP contribution in [0.25, 0.3) is 0 Å². The molecule has 30 heavy (non-hydrogen) atoms. The van der Waals surface area contributed by atoms with Crippen molar-refractivity contribution in [2.45, 2.75) is 33.1 Å². The van der Waals surface area contributed by atoms with Crippen LogP contribution in [0.4, 0.5) is 11.4 Å². The lowest BCUT2D eigenvalue weighted by atomic mass is 10.1. The van der Waals surface area contributed by atoms with Crippen molar-refractivity contribution in [3.63, 3.8) is 0 Å². The summed E-state index contributed by atoms with van der Waals surface area (Å²) in [4.78, 5) is 25.0. The van der Waals surface area contributed by atoms with Crippen molar-refractivity contribution in [2.24, 2.45) is 0 Å². The lowest BCUT2D eigenvalue weighted by Gasteiger charge is -2.11. The van der Waals surface area contributed by atoms with E-state index < -0.39 is 0 Å². The molecule has 0 aromatic heterocycles. The van der Waals surface area contributed by atoms with Gasteiger partial charge in [0.25, 0.3) is 5.91 Å². The van der Waals surface area contributed by atoms with Gasteiger partial charge in [-0.2, -0.15) is 0 Å². The van der Waals surface area contributed by atoms with E-state index in [0.717, 1.165) is 29.7 Å². The molecule has 0 saturated carbocycles. The lowest BCUT2D eigenvalue weighted by molar-refractivity contribution is -0.116. The second-order valence-electron chi connectivity index (χ2n) is 7.41. The van der Waals surface area contributed by atoms with E-state index in [2.05, 4.69) is 10.6 Å². The van der Waals surface area contributed by atoms with Crippen LogP contribution in [0, 0.1) is 13.8 Å². The van der Waals surface area contributed by atoms with Gasteiger partial charge in [-0.25, -0.2) is 0 Å². The first kappa shape index (κ1) is 21.6. The van der Waals surface area contributed by atoms with Crippen LogP contribution in [0.3, 0.4) is 0 Å². The Morgan fingerprint density at radius 1 is 0.867 bits per heavy atom. The van der Waals surface area contributed by atoms with Gasteiger partial charge in [0.2, 0.25) is 5.91 Å². The number of hydrogen-bond acceptors (Lipinski definition) is 2. The van der Waals surface area contributed by atoms with E-state index in [0.29, 0.717) is 22.7 Å². The minimum absolute atomic E-state index is 0.125. The average molecular weight is 421 g/mol. The maximum Gasteiger partial charge on any atom is 0.255 e. The monoisotopic (exact) mass is 420 g/mol. The van der Waals surface area contributed by atoms with Crippen LogP contribution >= 0.6 is 11.6 Å². The third kappa shape index (κ3) is 6.19. The fourth-order valence-corrected chi connectivity index (χ4v) is 3.49. The molecule has 3 aromatic carbocycles. The summed E-state index contributed by atoms with van der Waals surface area (Å²) >= 11 is 6.23. The lowest BCUT2D eigenvalue weighted by Crippen LogP contribution is -2.15. The predicted molar refractivity (Wildman–Crippen MR) is 123 cm³/mol. The van der Waals surface area contributed by atoms with E-state index in [1.165, 1.54) is 5.56 Å². The second-order valence-corrected chi connectivity index (χ2v) is 7.82. The van der Waals surface area contributed by atoms with Gasteiger partial charge in [0.05, 0.1) is 10.7 Å². The zero-order chi connectivity index (χ0) is 21.5. The predicted octanol–water partition coefficient (Wildman–Crippen LogP) is 6.17. The second kappa shape index (κ2) is 10.1. The molecule has 0 saturated heterocycles. The van der Waals surface area contributed by atoms with Gasteiger partial charge in [0, 0.05) is 17.7 Å².